The Morgan fingerprint density at radius 2 is 1.19 bits per heavy atom. The van der Waals surface area contributed by atoms with Crippen molar-refractivity contribution in [1.82, 2.24) is 0 Å². The molecule has 1 atom stereocenters. The predicted octanol–water partition coefficient (Wildman–Crippen LogP) is 6.19. The van der Waals surface area contributed by atoms with Crippen molar-refractivity contribution in [2.45, 2.75) is 25.9 Å². The summed E-state index contributed by atoms with van der Waals surface area (Å²) in [5.41, 5.74) is 1.46. The van der Waals surface area contributed by atoms with E-state index in [1.54, 1.807) is 72.8 Å². The van der Waals surface area contributed by atoms with Crippen LogP contribution in [0.1, 0.15) is 51.6 Å². The first kappa shape index (κ1) is 25.5. The molecule has 1 unspecified atom stereocenters. The van der Waals surface area contributed by atoms with Gasteiger partial charge in [0.1, 0.15) is 23.0 Å². The van der Waals surface area contributed by atoms with E-state index in [9.17, 15) is 19.8 Å². The molecule has 0 heterocycles. The van der Waals surface area contributed by atoms with Crippen LogP contribution in [0.4, 0.5) is 0 Å². The minimum absolute atomic E-state index is 0.128. The average molecular weight is 497 g/mol. The summed E-state index contributed by atoms with van der Waals surface area (Å²) >= 11 is 0. The van der Waals surface area contributed by atoms with Crippen LogP contribution >= 0.6 is 0 Å². The molecule has 0 saturated heterocycles. The summed E-state index contributed by atoms with van der Waals surface area (Å²) in [5, 5.41) is 20.7. The van der Waals surface area contributed by atoms with Gasteiger partial charge in [-0.25, -0.2) is 0 Å². The molecule has 37 heavy (non-hydrogen) atoms. The van der Waals surface area contributed by atoms with Crippen molar-refractivity contribution in [2.24, 2.45) is 0 Å². The number of carbonyl (C=O) groups excluding carboxylic acids is 2. The number of rotatable bonds is 11. The van der Waals surface area contributed by atoms with Gasteiger partial charge in [-0.2, -0.15) is 0 Å². The molecule has 0 fully saturated rings. The highest BCUT2D eigenvalue weighted by atomic mass is 16.5. The predicted molar refractivity (Wildman–Crippen MR) is 141 cm³/mol. The van der Waals surface area contributed by atoms with Crippen LogP contribution in [0.5, 0.6) is 23.0 Å². The van der Waals surface area contributed by atoms with Crippen molar-refractivity contribution in [3.8, 4) is 23.0 Å². The lowest BCUT2D eigenvalue weighted by Gasteiger charge is -2.16. The largest absolute Gasteiger partial charge is 0.507 e. The number of hydrogen-bond acceptors (Lipinski definition) is 6. The van der Waals surface area contributed by atoms with Crippen LogP contribution in [0.25, 0.3) is 0 Å². The van der Waals surface area contributed by atoms with E-state index in [0.717, 1.165) is 0 Å². The smallest absolute Gasteiger partial charge is 0.196 e. The van der Waals surface area contributed by atoms with Crippen LogP contribution in [0.2, 0.25) is 0 Å². The summed E-state index contributed by atoms with van der Waals surface area (Å²) in [7, 11) is 0. The Morgan fingerprint density at radius 3 is 1.70 bits per heavy atom. The van der Waals surface area contributed by atoms with E-state index in [0.29, 0.717) is 42.1 Å². The molecular weight excluding hydrogens is 468 g/mol. The van der Waals surface area contributed by atoms with Gasteiger partial charge in [-0.3, -0.25) is 9.59 Å². The van der Waals surface area contributed by atoms with Crippen LogP contribution in [0, 0.1) is 0 Å². The molecule has 6 nitrogen and oxygen atoms in total. The number of ketones is 2. The third-order valence-electron chi connectivity index (χ3n) is 5.86. The van der Waals surface area contributed by atoms with Gasteiger partial charge in [-0.15, -0.1) is 0 Å². The molecule has 4 aromatic rings. The quantitative estimate of drug-likeness (QED) is 0.190. The maximum absolute atomic E-state index is 12.6. The van der Waals surface area contributed by atoms with E-state index in [4.69, 9.17) is 9.47 Å². The number of aromatic hydroxyl groups is 2. The van der Waals surface area contributed by atoms with E-state index in [1.165, 1.54) is 12.1 Å². The summed E-state index contributed by atoms with van der Waals surface area (Å²) in [4.78, 5) is 25.1. The molecule has 2 N–H and O–H groups in total. The molecule has 0 aliphatic heterocycles. The summed E-state index contributed by atoms with van der Waals surface area (Å²) < 4.78 is 11.6. The van der Waals surface area contributed by atoms with Gasteiger partial charge in [-0.05, 0) is 44.0 Å². The number of phenols is 2. The second kappa shape index (κ2) is 11.9. The van der Waals surface area contributed by atoms with E-state index < -0.39 is 0 Å². The number of carbonyl (C=O) groups is 2. The monoisotopic (exact) mass is 496 g/mol. The van der Waals surface area contributed by atoms with Crippen LogP contribution in [-0.4, -0.2) is 34.5 Å². The van der Waals surface area contributed by atoms with E-state index in [1.807, 2.05) is 19.1 Å². The summed E-state index contributed by atoms with van der Waals surface area (Å²) in [6, 6.07) is 26.9. The lowest BCUT2D eigenvalue weighted by Crippen LogP contribution is -2.13. The maximum Gasteiger partial charge on any atom is 0.196 e. The molecule has 0 aromatic heterocycles. The fourth-order valence-corrected chi connectivity index (χ4v) is 3.91. The lowest BCUT2D eigenvalue weighted by molar-refractivity contribution is 0.102. The van der Waals surface area contributed by atoms with Crippen molar-refractivity contribution in [3.63, 3.8) is 0 Å². The fourth-order valence-electron chi connectivity index (χ4n) is 3.91. The number of hydrogen-bond donors (Lipinski definition) is 2. The van der Waals surface area contributed by atoms with Crippen LogP contribution in [0.3, 0.4) is 0 Å². The van der Waals surface area contributed by atoms with E-state index >= 15 is 0 Å². The molecule has 4 aromatic carbocycles. The zero-order valence-corrected chi connectivity index (χ0v) is 20.5. The number of ether oxygens (including phenoxy) is 2. The molecule has 188 valence electrons. The third-order valence-corrected chi connectivity index (χ3v) is 5.86. The van der Waals surface area contributed by atoms with Gasteiger partial charge in [0.25, 0.3) is 0 Å². The molecule has 0 amide bonds. The minimum atomic E-state index is -0.252. The van der Waals surface area contributed by atoms with E-state index in [-0.39, 0.29) is 40.3 Å². The first-order chi connectivity index (χ1) is 17.9. The maximum atomic E-state index is 12.6. The van der Waals surface area contributed by atoms with Crippen LogP contribution in [-0.2, 0) is 0 Å². The summed E-state index contributed by atoms with van der Waals surface area (Å²) in [6.45, 7) is 2.31. The summed E-state index contributed by atoms with van der Waals surface area (Å²) in [6.07, 6.45) is 1.21. The highest BCUT2D eigenvalue weighted by Crippen LogP contribution is 2.28. The molecule has 6 heteroatoms. The normalized spacial score (nSPS) is 11.5. The molecular formula is C31H28O6. The number of benzene rings is 4. The number of phenolic OH excluding ortho intramolecular Hbond substituents is 2. The SMILES string of the molecule is CC(CCCOc1ccc(C(=O)c2ccccc2)c(O)c1)Oc1ccc(C(=O)c2ccccc2)c(O)c1. The Morgan fingerprint density at radius 1 is 0.703 bits per heavy atom. The minimum Gasteiger partial charge on any atom is -0.507 e. The van der Waals surface area contributed by atoms with Crippen LogP contribution in [0.15, 0.2) is 97.1 Å². The molecule has 0 saturated carbocycles. The topological polar surface area (TPSA) is 93.1 Å². The Labute approximate surface area is 215 Å². The molecule has 0 spiro atoms. The molecule has 0 radical (unpaired) electrons. The Hall–Kier alpha value is -4.58. The van der Waals surface area contributed by atoms with Crippen molar-refractivity contribution in [2.75, 3.05) is 6.61 Å². The fraction of sp³-hybridized carbons (Fsp3) is 0.161. The van der Waals surface area contributed by atoms with Gasteiger partial charge >= 0.3 is 0 Å². The van der Waals surface area contributed by atoms with Crippen molar-refractivity contribution >= 4 is 11.6 Å². The summed E-state index contributed by atoms with van der Waals surface area (Å²) in [5.74, 6) is 0.184. The Kier molecular flexibility index (Phi) is 8.21. The first-order valence-corrected chi connectivity index (χ1v) is 12.1. The molecule has 4 rings (SSSR count). The molecule has 0 aliphatic rings. The zero-order chi connectivity index (χ0) is 26.2. The average Bonchev–Trinajstić information content (AvgIpc) is 2.91. The molecule has 0 bridgehead atoms. The standard InChI is InChI=1S/C31H28O6/c1-21(37-25-15-17-27(29(33)20-25)31(35)23-12-6-3-7-13-23)9-8-18-36-24-14-16-26(28(32)19-24)30(34)22-10-4-2-5-11-22/h2-7,10-17,19-21,32-33H,8-9,18H2,1H3. The van der Waals surface area contributed by atoms with Gasteiger partial charge in [0.15, 0.2) is 11.6 Å². The van der Waals surface area contributed by atoms with Gasteiger partial charge in [0.2, 0.25) is 0 Å². The third kappa shape index (κ3) is 6.55. The second-order valence-electron chi connectivity index (χ2n) is 8.67. The van der Waals surface area contributed by atoms with Crippen molar-refractivity contribution in [3.05, 3.63) is 119 Å². The van der Waals surface area contributed by atoms with Crippen LogP contribution < -0.4 is 9.47 Å². The van der Waals surface area contributed by atoms with Gasteiger partial charge in [0, 0.05) is 23.3 Å². The highest BCUT2D eigenvalue weighted by Gasteiger charge is 2.16. The van der Waals surface area contributed by atoms with Crippen molar-refractivity contribution in [1.29, 1.82) is 0 Å². The lowest BCUT2D eigenvalue weighted by atomic mass is 10.0. The second-order valence-corrected chi connectivity index (χ2v) is 8.67. The highest BCUT2D eigenvalue weighted by molar-refractivity contribution is 6.11. The van der Waals surface area contributed by atoms with Gasteiger partial charge in [0.05, 0.1) is 23.8 Å². The first-order valence-electron chi connectivity index (χ1n) is 12.1. The Bertz CT molecular complexity index is 1370. The zero-order valence-electron chi connectivity index (χ0n) is 20.5. The molecule has 0 aliphatic carbocycles. The van der Waals surface area contributed by atoms with E-state index in [2.05, 4.69) is 0 Å². The van der Waals surface area contributed by atoms with Crippen molar-refractivity contribution < 1.29 is 29.3 Å². The Balaban J connectivity index is 1.25. The van der Waals surface area contributed by atoms with Gasteiger partial charge in [-0.1, -0.05) is 60.7 Å². The van der Waals surface area contributed by atoms with Gasteiger partial charge < -0.3 is 19.7 Å².